The number of nitriles is 1. The fourth-order valence-electron chi connectivity index (χ4n) is 1.95. The summed E-state index contributed by atoms with van der Waals surface area (Å²) in [6.45, 7) is -0.224. The van der Waals surface area contributed by atoms with Crippen LogP contribution in [0.2, 0.25) is 8.67 Å². The number of carbonyl (C=O) groups is 1. The lowest BCUT2D eigenvalue weighted by molar-refractivity contribution is -0.118. The number of halogens is 2. The molecule has 3 rings (SSSR count). The van der Waals surface area contributed by atoms with Crippen molar-refractivity contribution in [1.82, 2.24) is 4.98 Å². The monoisotopic (exact) mass is 409 g/mol. The summed E-state index contributed by atoms with van der Waals surface area (Å²) < 4.78 is 6.50. The first kappa shape index (κ1) is 17.7. The van der Waals surface area contributed by atoms with Crippen LogP contribution in [0, 0.1) is 11.3 Å². The Morgan fingerprint density at radius 1 is 1.36 bits per heavy atom. The average molecular weight is 410 g/mol. The second-order valence-corrected chi connectivity index (χ2v) is 7.86. The van der Waals surface area contributed by atoms with Crippen molar-refractivity contribution >= 4 is 56.9 Å². The summed E-state index contributed by atoms with van der Waals surface area (Å²) in [7, 11) is 0. The molecule has 0 aliphatic carbocycles. The van der Waals surface area contributed by atoms with Gasteiger partial charge in [0.05, 0.1) is 15.6 Å². The number of hydrogen-bond acceptors (Lipinski definition) is 6. The number of benzene rings is 1. The number of ether oxygens (including phenoxy) is 1. The first-order chi connectivity index (χ1) is 12.1. The molecule has 1 aromatic carbocycles. The molecule has 0 atom stereocenters. The summed E-state index contributed by atoms with van der Waals surface area (Å²) >= 11 is 14.6. The second kappa shape index (κ2) is 7.85. The average Bonchev–Trinajstić information content (AvgIpc) is 3.19. The van der Waals surface area contributed by atoms with Gasteiger partial charge in [-0.3, -0.25) is 10.1 Å². The Kier molecular flexibility index (Phi) is 5.56. The van der Waals surface area contributed by atoms with Crippen LogP contribution in [-0.2, 0) is 4.79 Å². The second-order valence-electron chi connectivity index (χ2n) is 4.72. The summed E-state index contributed by atoms with van der Waals surface area (Å²) in [5, 5.41) is 13.9. The maximum atomic E-state index is 12.0. The number of anilines is 1. The van der Waals surface area contributed by atoms with Crippen molar-refractivity contribution in [2.24, 2.45) is 0 Å². The van der Waals surface area contributed by atoms with Crippen molar-refractivity contribution in [2.75, 3.05) is 11.9 Å². The first-order valence-electron chi connectivity index (χ1n) is 6.89. The van der Waals surface area contributed by atoms with Crippen LogP contribution in [0.3, 0.4) is 0 Å². The highest BCUT2D eigenvalue weighted by Crippen LogP contribution is 2.38. The SMILES string of the molecule is N#Cc1ccccc1OCC(=O)Nc1nc(-c2cc(Cl)sc2Cl)cs1. The molecule has 25 heavy (non-hydrogen) atoms. The van der Waals surface area contributed by atoms with Crippen molar-refractivity contribution in [3.8, 4) is 23.1 Å². The van der Waals surface area contributed by atoms with Crippen molar-refractivity contribution in [1.29, 1.82) is 5.26 Å². The van der Waals surface area contributed by atoms with Gasteiger partial charge in [0.25, 0.3) is 5.91 Å². The van der Waals surface area contributed by atoms with Gasteiger partial charge in [-0.1, -0.05) is 35.3 Å². The van der Waals surface area contributed by atoms with Crippen molar-refractivity contribution < 1.29 is 9.53 Å². The van der Waals surface area contributed by atoms with E-state index in [1.165, 1.54) is 22.7 Å². The molecule has 9 heteroatoms. The van der Waals surface area contributed by atoms with Gasteiger partial charge < -0.3 is 4.74 Å². The lowest BCUT2D eigenvalue weighted by atomic mass is 10.2. The molecule has 0 fully saturated rings. The van der Waals surface area contributed by atoms with Gasteiger partial charge in [0.2, 0.25) is 0 Å². The quantitative estimate of drug-likeness (QED) is 0.638. The van der Waals surface area contributed by atoms with Gasteiger partial charge in [-0.15, -0.1) is 22.7 Å². The molecular formula is C16H9Cl2N3O2S2. The highest BCUT2D eigenvalue weighted by atomic mass is 35.5. The predicted octanol–water partition coefficient (Wildman–Crippen LogP) is 5.07. The van der Waals surface area contributed by atoms with E-state index in [2.05, 4.69) is 10.3 Å². The minimum atomic E-state index is -0.372. The molecule has 1 N–H and O–H groups in total. The predicted molar refractivity (Wildman–Crippen MR) is 101 cm³/mol. The van der Waals surface area contributed by atoms with Crippen LogP contribution in [-0.4, -0.2) is 17.5 Å². The molecular weight excluding hydrogens is 401 g/mol. The zero-order valence-electron chi connectivity index (χ0n) is 12.5. The minimum Gasteiger partial charge on any atom is -0.482 e. The molecule has 0 unspecified atom stereocenters. The fraction of sp³-hybridized carbons (Fsp3) is 0.0625. The lowest BCUT2D eigenvalue weighted by Gasteiger charge is -2.06. The van der Waals surface area contributed by atoms with Gasteiger partial charge in [0.1, 0.15) is 16.2 Å². The molecule has 3 aromatic rings. The number of para-hydroxylation sites is 1. The number of rotatable bonds is 5. The fourth-order valence-corrected chi connectivity index (χ4v) is 4.16. The van der Waals surface area contributed by atoms with E-state index in [1.54, 1.807) is 35.7 Å². The van der Waals surface area contributed by atoms with Gasteiger partial charge in [0, 0.05) is 10.9 Å². The van der Waals surface area contributed by atoms with Gasteiger partial charge in [-0.05, 0) is 18.2 Å². The first-order valence-corrected chi connectivity index (χ1v) is 9.34. The summed E-state index contributed by atoms with van der Waals surface area (Å²) in [6, 6.07) is 10.5. The summed E-state index contributed by atoms with van der Waals surface area (Å²) in [6.07, 6.45) is 0. The van der Waals surface area contributed by atoms with E-state index in [1.807, 2.05) is 6.07 Å². The molecule has 2 aromatic heterocycles. The molecule has 0 saturated carbocycles. The Bertz CT molecular complexity index is 962. The Morgan fingerprint density at radius 2 is 2.16 bits per heavy atom. The third-order valence-electron chi connectivity index (χ3n) is 3.05. The van der Waals surface area contributed by atoms with E-state index in [-0.39, 0.29) is 12.5 Å². The van der Waals surface area contributed by atoms with Crippen LogP contribution >= 0.6 is 45.9 Å². The Balaban J connectivity index is 1.62. The maximum Gasteiger partial charge on any atom is 0.264 e. The summed E-state index contributed by atoms with van der Waals surface area (Å²) in [5.41, 5.74) is 1.74. The van der Waals surface area contributed by atoms with E-state index in [9.17, 15) is 4.79 Å². The van der Waals surface area contributed by atoms with E-state index in [4.69, 9.17) is 33.2 Å². The third kappa shape index (κ3) is 4.30. The number of nitrogens with zero attached hydrogens (tertiary/aromatic N) is 2. The molecule has 0 aliphatic rings. The van der Waals surface area contributed by atoms with Crippen LogP contribution in [0.15, 0.2) is 35.7 Å². The molecule has 126 valence electrons. The van der Waals surface area contributed by atoms with Crippen LogP contribution < -0.4 is 10.1 Å². The van der Waals surface area contributed by atoms with Crippen molar-refractivity contribution in [2.45, 2.75) is 0 Å². The Morgan fingerprint density at radius 3 is 2.88 bits per heavy atom. The molecule has 2 heterocycles. The number of nitrogens with one attached hydrogen (secondary N) is 1. The molecule has 0 saturated heterocycles. The smallest absolute Gasteiger partial charge is 0.264 e. The standard InChI is InChI=1S/C16H9Cl2N3O2S2/c17-13-5-10(15(18)25-13)11-8-24-16(20-11)21-14(22)7-23-12-4-2-1-3-9(12)6-19/h1-5,8H,7H2,(H,20,21,22). The molecule has 0 spiro atoms. The molecule has 1 amide bonds. The van der Waals surface area contributed by atoms with Crippen LogP contribution in [0.5, 0.6) is 5.75 Å². The maximum absolute atomic E-state index is 12.0. The molecule has 0 aliphatic heterocycles. The van der Waals surface area contributed by atoms with Gasteiger partial charge in [-0.2, -0.15) is 5.26 Å². The van der Waals surface area contributed by atoms with E-state index in [0.717, 1.165) is 5.56 Å². The number of thiophene rings is 1. The third-order valence-corrected chi connectivity index (χ3v) is 5.29. The van der Waals surface area contributed by atoms with E-state index >= 15 is 0 Å². The number of thiazole rings is 1. The number of carbonyl (C=O) groups excluding carboxylic acids is 1. The highest BCUT2D eigenvalue weighted by molar-refractivity contribution is 7.20. The molecule has 0 radical (unpaired) electrons. The van der Waals surface area contributed by atoms with Gasteiger partial charge in [0.15, 0.2) is 11.7 Å². The normalized spacial score (nSPS) is 10.3. The van der Waals surface area contributed by atoms with E-state index in [0.29, 0.717) is 30.8 Å². The topological polar surface area (TPSA) is 75.0 Å². The zero-order chi connectivity index (χ0) is 17.8. The number of amides is 1. The summed E-state index contributed by atoms with van der Waals surface area (Å²) in [4.78, 5) is 16.3. The van der Waals surface area contributed by atoms with Crippen LogP contribution in [0.4, 0.5) is 5.13 Å². The van der Waals surface area contributed by atoms with Crippen molar-refractivity contribution in [3.63, 3.8) is 0 Å². The van der Waals surface area contributed by atoms with E-state index < -0.39 is 0 Å². The Hall–Kier alpha value is -2.11. The van der Waals surface area contributed by atoms with Gasteiger partial charge in [-0.25, -0.2) is 4.98 Å². The van der Waals surface area contributed by atoms with Crippen LogP contribution in [0.1, 0.15) is 5.56 Å². The van der Waals surface area contributed by atoms with Crippen molar-refractivity contribution in [3.05, 3.63) is 49.9 Å². The molecule has 5 nitrogen and oxygen atoms in total. The lowest BCUT2D eigenvalue weighted by Crippen LogP contribution is -2.20. The van der Waals surface area contributed by atoms with Gasteiger partial charge >= 0.3 is 0 Å². The largest absolute Gasteiger partial charge is 0.482 e. The minimum absolute atomic E-state index is 0.224. The number of hydrogen-bond donors (Lipinski definition) is 1. The Labute approximate surface area is 161 Å². The zero-order valence-corrected chi connectivity index (χ0v) is 15.6. The molecule has 0 bridgehead atoms. The highest BCUT2D eigenvalue weighted by Gasteiger charge is 2.14. The van der Waals surface area contributed by atoms with Crippen LogP contribution in [0.25, 0.3) is 11.3 Å². The number of aromatic nitrogens is 1. The summed E-state index contributed by atoms with van der Waals surface area (Å²) in [5.74, 6) is -0.0113.